The molecule has 19 heavy (non-hydrogen) atoms. The molecule has 108 valence electrons. The van der Waals surface area contributed by atoms with Crippen LogP contribution in [-0.4, -0.2) is 39.8 Å². The summed E-state index contributed by atoms with van der Waals surface area (Å²) in [6, 6.07) is 4.48. The van der Waals surface area contributed by atoms with Gasteiger partial charge in [-0.25, -0.2) is 13.1 Å². The highest BCUT2D eigenvalue weighted by atomic mass is 32.2. The molecule has 4 N–H and O–H groups in total. The van der Waals surface area contributed by atoms with E-state index in [4.69, 9.17) is 5.73 Å². The van der Waals surface area contributed by atoms with Gasteiger partial charge in [-0.15, -0.1) is 0 Å². The number of nitrogen functional groups attached to an aromatic ring is 1. The van der Waals surface area contributed by atoms with E-state index < -0.39 is 15.6 Å². The van der Waals surface area contributed by atoms with Gasteiger partial charge < -0.3 is 15.7 Å². The molecule has 7 heteroatoms. The molecule has 0 aromatic heterocycles. The van der Waals surface area contributed by atoms with Crippen molar-refractivity contribution < 1.29 is 13.5 Å². The summed E-state index contributed by atoms with van der Waals surface area (Å²) in [4.78, 5) is 1.87. The van der Waals surface area contributed by atoms with Gasteiger partial charge in [0.25, 0.3) is 0 Å². The van der Waals surface area contributed by atoms with Crippen molar-refractivity contribution in [3.05, 3.63) is 18.2 Å². The van der Waals surface area contributed by atoms with Crippen LogP contribution in [0.15, 0.2) is 23.1 Å². The first kappa shape index (κ1) is 15.7. The summed E-state index contributed by atoms with van der Waals surface area (Å²) in [5.41, 5.74) is 5.98. The van der Waals surface area contributed by atoms with Crippen LogP contribution in [0.1, 0.15) is 13.8 Å². The standard InChI is InChI=1S/C12H21N3O3S/c1-12(2,16)8-15(4)11-7-9(5-6-10(11)13)19(17,18)14-3/h5-7,14,16H,8,13H2,1-4H3. The van der Waals surface area contributed by atoms with Crippen molar-refractivity contribution in [3.63, 3.8) is 0 Å². The van der Waals surface area contributed by atoms with Gasteiger partial charge in [0.05, 0.1) is 21.9 Å². The molecule has 1 rings (SSSR count). The maximum Gasteiger partial charge on any atom is 0.240 e. The SMILES string of the molecule is CNS(=O)(=O)c1ccc(N)c(N(C)CC(C)(C)O)c1. The maximum atomic E-state index is 11.8. The molecule has 0 aliphatic rings. The third kappa shape index (κ3) is 4.09. The van der Waals surface area contributed by atoms with Gasteiger partial charge in [-0.2, -0.15) is 0 Å². The Morgan fingerprint density at radius 1 is 1.42 bits per heavy atom. The lowest BCUT2D eigenvalue weighted by molar-refractivity contribution is 0.0886. The van der Waals surface area contributed by atoms with Crippen molar-refractivity contribution in [2.75, 3.05) is 31.3 Å². The summed E-state index contributed by atoms with van der Waals surface area (Å²) in [5.74, 6) is 0. The van der Waals surface area contributed by atoms with E-state index in [9.17, 15) is 13.5 Å². The van der Waals surface area contributed by atoms with Gasteiger partial charge in [0, 0.05) is 13.6 Å². The molecule has 0 spiro atoms. The summed E-state index contributed by atoms with van der Waals surface area (Å²) in [7, 11) is -0.407. The normalized spacial score (nSPS) is 12.5. The second kappa shape index (κ2) is 5.36. The minimum absolute atomic E-state index is 0.141. The number of likely N-dealkylation sites (N-methyl/N-ethyl adjacent to an activating group) is 1. The van der Waals surface area contributed by atoms with Crippen LogP contribution in [-0.2, 0) is 10.0 Å². The molecule has 0 saturated heterocycles. The second-order valence-corrected chi connectivity index (χ2v) is 6.98. The van der Waals surface area contributed by atoms with Gasteiger partial charge in [0.15, 0.2) is 0 Å². The molecule has 0 aliphatic heterocycles. The van der Waals surface area contributed by atoms with Crippen LogP contribution < -0.4 is 15.4 Å². The molecule has 0 saturated carbocycles. The Labute approximate surface area is 114 Å². The van der Waals surface area contributed by atoms with E-state index in [0.717, 1.165) is 0 Å². The van der Waals surface area contributed by atoms with Gasteiger partial charge in [-0.3, -0.25) is 0 Å². The lowest BCUT2D eigenvalue weighted by Gasteiger charge is -2.28. The molecule has 1 aromatic rings. The smallest absolute Gasteiger partial charge is 0.240 e. The monoisotopic (exact) mass is 287 g/mol. The Hall–Kier alpha value is -1.31. The summed E-state index contributed by atoms with van der Waals surface area (Å²) in [6.07, 6.45) is 0. The second-order valence-electron chi connectivity index (χ2n) is 5.10. The molecule has 0 unspecified atom stereocenters. The van der Waals surface area contributed by atoms with Crippen LogP contribution in [0.4, 0.5) is 11.4 Å². The highest BCUT2D eigenvalue weighted by Crippen LogP contribution is 2.26. The lowest BCUT2D eigenvalue weighted by Crippen LogP contribution is -2.36. The quantitative estimate of drug-likeness (QED) is 0.681. The van der Waals surface area contributed by atoms with Crippen molar-refractivity contribution in [1.29, 1.82) is 0 Å². The third-order valence-electron chi connectivity index (χ3n) is 2.62. The van der Waals surface area contributed by atoms with Gasteiger partial charge in [0.2, 0.25) is 10.0 Å². The number of nitrogens with zero attached hydrogens (tertiary/aromatic N) is 1. The molecule has 0 radical (unpaired) electrons. The number of hydrogen-bond acceptors (Lipinski definition) is 5. The Morgan fingerprint density at radius 3 is 2.47 bits per heavy atom. The van der Waals surface area contributed by atoms with E-state index in [1.165, 1.54) is 19.2 Å². The summed E-state index contributed by atoms with van der Waals surface area (Å²) in [5, 5.41) is 9.80. The summed E-state index contributed by atoms with van der Waals surface area (Å²) < 4.78 is 25.8. The molecule has 0 bridgehead atoms. The Balaban J connectivity index is 3.18. The number of hydrogen-bond donors (Lipinski definition) is 3. The zero-order valence-electron chi connectivity index (χ0n) is 11.6. The number of nitrogens with two attached hydrogens (primary N) is 1. The van der Waals surface area contributed by atoms with Crippen LogP contribution in [0.25, 0.3) is 0 Å². The first-order valence-electron chi connectivity index (χ1n) is 5.83. The molecule has 0 amide bonds. The number of benzene rings is 1. The minimum atomic E-state index is -3.51. The van der Waals surface area contributed by atoms with E-state index >= 15 is 0 Å². The molecule has 6 nitrogen and oxygen atoms in total. The molecular weight excluding hydrogens is 266 g/mol. The number of aliphatic hydroxyl groups is 1. The fourth-order valence-electron chi connectivity index (χ4n) is 1.80. The average Bonchev–Trinajstić information content (AvgIpc) is 2.26. The largest absolute Gasteiger partial charge is 0.397 e. The Kier molecular flexibility index (Phi) is 4.44. The zero-order chi connectivity index (χ0) is 14.8. The summed E-state index contributed by atoms with van der Waals surface area (Å²) in [6.45, 7) is 3.68. The van der Waals surface area contributed by atoms with E-state index in [1.807, 2.05) is 0 Å². The third-order valence-corrected chi connectivity index (χ3v) is 4.03. The van der Waals surface area contributed by atoms with Crippen molar-refractivity contribution in [3.8, 4) is 0 Å². The first-order valence-corrected chi connectivity index (χ1v) is 7.32. The van der Waals surface area contributed by atoms with Gasteiger partial charge in [-0.05, 0) is 39.1 Å². The van der Waals surface area contributed by atoms with Crippen molar-refractivity contribution >= 4 is 21.4 Å². The molecule has 1 aromatic carbocycles. The van der Waals surface area contributed by atoms with Crippen LogP contribution >= 0.6 is 0 Å². The molecule has 0 heterocycles. The van der Waals surface area contributed by atoms with Crippen molar-refractivity contribution in [2.45, 2.75) is 24.3 Å². The van der Waals surface area contributed by atoms with E-state index in [1.54, 1.807) is 31.9 Å². The molecule has 0 atom stereocenters. The van der Waals surface area contributed by atoms with Crippen LogP contribution in [0.3, 0.4) is 0 Å². The molecular formula is C12H21N3O3S. The highest BCUT2D eigenvalue weighted by Gasteiger charge is 2.19. The van der Waals surface area contributed by atoms with Crippen LogP contribution in [0.2, 0.25) is 0 Å². The average molecular weight is 287 g/mol. The van der Waals surface area contributed by atoms with E-state index in [0.29, 0.717) is 17.9 Å². The zero-order valence-corrected chi connectivity index (χ0v) is 12.5. The predicted octanol–water partition coefficient (Wildman–Crippen LogP) is 0.384. The first-order chi connectivity index (χ1) is 8.57. The van der Waals surface area contributed by atoms with Crippen LogP contribution in [0.5, 0.6) is 0 Å². The van der Waals surface area contributed by atoms with Crippen LogP contribution in [0, 0.1) is 0 Å². The highest BCUT2D eigenvalue weighted by molar-refractivity contribution is 7.89. The fraction of sp³-hybridized carbons (Fsp3) is 0.500. The lowest BCUT2D eigenvalue weighted by atomic mass is 10.1. The maximum absolute atomic E-state index is 11.8. The number of nitrogens with one attached hydrogen (secondary N) is 1. The van der Waals surface area contributed by atoms with Gasteiger partial charge in [-0.1, -0.05) is 0 Å². The van der Waals surface area contributed by atoms with Gasteiger partial charge >= 0.3 is 0 Å². The van der Waals surface area contributed by atoms with E-state index in [2.05, 4.69) is 4.72 Å². The Morgan fingerprint density at radius 2 is 2.00 bits per heavy atom. The minimum Gasteiger partial charge on any atom is -0.397 e. The summed E-state index contributed by atoms with van der Waals surface area (Å²) >= 11 is 0. The molecule has 0 aliphatic carbocycles. The fourth-order valence-corrected chi connectivity index (χ4v) is 2.55. The molecule has 0 fully saturated rings. The topological polar surface area (TPSA) is 95.7 Å². The van der Waals surface area contributed by atoms with Crippen molar-refractivity contribution in [1.82, 2.24) is 4.72 Å². The number of anilines is 2. The number of sulfonamides is 1. The predicted molar refractivity (Wildman–Crippen MR) is 76.7 cm³/mol. The van der Waals surface area contributed by atoms with Gasteiger partial charge in [0.1, 0.15) is 0 Å². The van der Waals surface area contributed by atoms with E-state index in [-0.39, 0.29) is 4.90 Å². The van der Waals surface area contributed by atoms with Crippen molar-refractivity contribution in [2.24, 2.45) is 0 Å². The number of rotatable bonds is 5. The Bertz CT molecular complexity index is 550.